The van der Waals surface area contributed by atoms with Gasteiger partial charge in [0.25, 0.3) is 0 Å². The van der Waals surface area contributed by atoms with E-state index < -0.39 is 0 Å². The molecule has 0 radical (unpaired) electrons. The Morgan fingerprint density at radius 1 is 1.50 bits per heavy atom. The van der Waals surface area contributed by atoms with Crippen molar-refractivity contribution in [2.24, 2.45) is 0 Å². The van der Waals surface area contributed by atoms with Crippen molar-refractivity contribution in [1.82, 2.24) is 10.3 Å². The highest BCUT2D eigenvalue weighted by atomic mass is 16.5. The standard InChI is InChI=1S/C9H14N2O/c1-7(10-2)8-4-9(12-3)6-11-5-8/h4-7,10H,1-3H3/t7-/m1/s1. The van der Waals surface area contributed by atoms with Crippen LogP contribution in [0.5, 0.6) is 5.75 Å². The van der Waals surface area contributed by atoms with Crippen molar-refractivity contribution in [3.05, 3.63) is 24.0 Å². The molecule has 0 bridgehead atoms. The summed E-state index contributed by atoms with van der Waals surface area (Å²) < 4.78 is 5.06. The maximum absolute atomic E-state index is 5.06. The van der Waals surface area contributed by atoms with Crippen molar-refractivity contribution in [3.63, 3.8) is 0 Å². The number of rotatable bonds is 3. The number of nitrogens with one attached hydrogen (secondary N) is 1. The summed E-state index contributed by atoms with van der Waals surface area (Å²) in [5.41, 5.74) is 1.14. The molecule has 0 aromatic carbocycles. The molecular formula is C9H14N2O. The second-order valence-corrected chi connectivity index (χ2v) is 2.67. The maximum atomic E-state index is 5.06. The first-order valence-corrected chi connectivity index (χ1v) is 3.94. The molecule has 66 valence electrons. The Balaban J connectivity index is 2.86. The van der Waals surface area contributed by atoms with Crippen LogP contribution in [0.25, 0.3) is 0 Å². The van der Waals surface area contributed by atoms with Gasteiger partial charge in [-0.2, -0.15) is 0 Å². The fourth-order valence-electron chi connectivity index (χ4n) is 0.951. The largest absolute Gasteiger partial charge is 0.495 e. The number of hydrogen-bond acceptors (Lipinski definition) is 3. The van der Waals surface area contributed by atoms with E-state index in [1.165, 1.54) is 0 Å². The summed E-state index contributed by atoms with van der Waals surface area (Å²) in [7, 11) is 3.56. The zero-order valence-electron chi connectivity index (χ0n) is 7.66. The van der Waals surface area contributed by atoms with Crippen LogP contribution in [-0.2, 0) is 0 Å². The van der Waals surface area contributed by atoms with Gasteiger partial charge in [-0.1, -0.05) is 0 Å². The summed E-state index contributed by atoms with van der Waals surface area (Å²) in [4.78, 5) is 4.06. The summed E-state index contributed by atoms with van der Waals surface area (Å²) in [6.07, 6.45) is 3.54. The van der Waals surface area contributed by atoms with Crippen molar-refractivity contribution in [2.75, 3.05) is 14.2 Å². The molecule has 0 aliphatic heterocycles. The normalized spacial score (nSPS) is 12.6. The monoisotopic (exact) mass is 166 g/mol. The van der Waals surface area contributed by atoms with Crippen molar-refractivity contribution >= 4 is 0 Å². The van der Waals surface area contributed by atoms with Crippen molar-refractivity contribution in [1.29, 1.82) is 0 Å². The summed E-state index contributed by atoms with van der Waals surface area (Å²) in [6.45, 7) is 2.08. The average molecular weight is 166 g/mol. The Kier molecular flexibility index (Phi) is 3.05. The molecule has 0 saturated carbocycles. The number of aromatic nitrogens is 1. The van der Waals surface area contributed by atoms with E-state index in [0.717, 1.165) is 11.3 Å². The molecule has 1 aromatic rings. The zero-order valence-corrected chi connectivity index (χ0v) is 7.66. The molecule has 0 amide bonds. The lowest BCUT2D eigenvalue weighted by atomic mass is 10.1. The lowest BCUT2D eigenvalue weighted by Crippen LogP contribution is -2.12. The molecule has 1 N–H and O–H groups in total. The van der Waals surface area contributed by atoms with E-state index in [0.29, 0.717) is 6.04 Å². The third kappa shape index (κ3) is 1.95. The van der Waals surface area contributed by atoms with Crippen LogP contribution >= 0.6 is 0 Å². The van der Waals surface area contributed by atoms with Gasteiger partial charge in [0.1, 0.15) is 5.75 Å². The SMILES string of the molecule is CN[C@H](C)c1cncc(OC)c1. The second-order valence-electron chi connectivity index (χ2n) is 2.67. The van der Waals surface area contributed by atoms with E-state index in [1.54, 1.807) is 13.3 Å². The van der Waals surface area contributed by atoms with Crippen LogP contribution in [0.4, 0.5) is 0 Å². The Bertz CT molecular complexity index is 250. The summed E-state index contributed by atoms with van der Waals surface area (Å²) in [6, 6.07) is 2.29. The van der Waals surface area contributed by atoms with Gasteiger partial charge in [0, 0.05) is 12.2 Å². The molecule has 1 rings (SSSR count). The van der Waals surface area contributed by atoms with Gasteiger partial charge in [-0.15, -0.1) is 0 Å². The minimum Gasteiger partial charge on any atom is -0.495 e. The topological polar surface area (TPSA) is 34.2 Å². The molecule has 0 aliphatic rings. The first-order chi connectivity index (χ1) is 5.77. The average Bonchev–Trinajstić information content (AvgIpc) is 2.17. The number of ether oxygens (including phenoxy) is 1. The minimum absolute atomic E-state index is 0.313. The lowest BCUT2D eigenvalue weighted by molar-refractivity contribution is 0.411. The van der Waals surface area contributed by atoms with Crippen LogP contribution in [0.1, 0.15) is 18.5 Å². The van der Waals surface area contributed by atoms with Crippen LogP contribution < -0.4 is 10.1 Å². The quantitative estimate of drug-likeness (QED) is 0.736. The molecule has 1 aromatic heterocycles. The van der Waals surface area contributed by atoms with Gasteiger partial charge in [-0.25, -0.2) is 0 Å². The third-order valence-electron chi connectivity index (χ3n) is 1.90. The van der Waals surface area contributed by atoms with Gasteiger partial charge >= 0.3 is 0 Å². The molecule has 3 nitrogen and oxygen atoms in total. The van der Waals surface area contributed by atoms with E-state index in [4.69, 9.17) is 4.74 Å². The number of pyridine rings is 1. The van der Waals surface area contributed by atoms with E-state index in [9.17, 15) is 0 Å². The van der Waals surface area contributed by atoms with Crippen LogP contribution in [0, 0.1) is 0 Å². The number of methoxy groups -OCH3 is 1. The van der Waals surface area contributed by atoms with Gasteiger partial charge in [0.05, 0.1) is 13.3 Å². The van der Waals surface area contributed by atoms with Gasteiger partial charge < -0.3 is 10.1 Å². The third-order valence-corrected chi connectivity index (χ3v) is 1.90. The van der Waals surface area contributed by atoms with E-state index in [-0.39, 0.29) is 0 Å². The maximum Gasteiger partial charge on any atom is 0.137 e. The molecule has 1 heterocycles. The molecule has 12 heavy (non-hydrogen) atoms. The lowest BCUT2D eigenvalue weighted by Gasteiger charge is -2.10. The van der Waals surface area contributed by atoms with Crippen molar-refractivity contribution < 1.29 is 4.74 Å². The summed E-state index contributed by atoms with van der Waals surface area (Å²) in [5.74, 6) is 0.801. The highest BCUT2D eigenvalue weighted by molar-refractivity contribution is 5.25. The molecule has 0 fully saturated rings. The van der Waals surface area contributed by atoms with Gasteiger partial charge in [-0.3, -0.25) is 4.98 Å². The first-order valence-electron chi connectivity index (χ1n) is 3.94. The number of nitrogens with zero attached hydrogens (tertiary/aromatic N) is 1. The predicted molar refractivity (Wildman–Crippen MR) is 48.3 cm³/mol. The first kappa shape index (κ1) is 9.00. The fourth-order valence-corrected chi connectivity index (χ4v) is 0.951. The van der Waals surface area contributed by atoms with Crippen LogP contribution in [0.2, 0.25) is 0 Å². The fraction of sp³-hybridized carbons (Fsp3) is 0.444. The number of hydrogen-bond donors (Lipinski definition) is 1. The summed E-state index contributed by atoms with van der Waals surface area (Å²) >= 11 is 0. The molecular weight excluding hydrogens is 152 g/mol. The van der Waals surface area contributed by atoms with Gasteiger partial charge in [-0.05, 0) is 25.6 Å². The Morgan fingerprint density at radius 2 is 2.25 bits per heavy atom. The van der Waals surface area contributed by atoms with Crippen molar-refractivity contribution in [3.8, 4) is 5.75 Å². The molecule has 0 saturated heterocycles. The highest BCUT2D eigenvalue weighted by Gasteiger charge is 2.02. The molecule has 0 unspecified atom stereocenters. The molecule has 0 spiro atoms. The van der Waals surface area contributed by atoms with E-state index in [1.807, 2.05) is 19.3 Å². The Morgan fingerprint density at radius 3 is 2.83 bits per heavy atom. The molecule has 3 heteroatoms. The van der Waals surface area contributed by atoms with Crippen LogP contribution in [-0.4, -0.2) is 19.1 Å². The van der Waals surface area contributed by atoms with Crippen molar-refractivity contribution in [2.45, 2.75) is 13.0 Å². The van der Waals surface area contributed by atoms with E-state index >= 15 is 0 Å². The smallest absolute Gasteiger partial charge is 0.137 e. The minimum atomic E-state index is 0.313. The van der Waals surface area contributed by atoms with Gasteiger partial charge in [0.15, 0.2) is 0 Å². The van der Waals surface area contributed by atoms with Crippen LogP contribution in [0.3, 0.4) is 0 Å². The molecule has 1 atom stereocenters. The zero-order chi connectivity index (χ0) is 8.97. The molecule has 0 aliphatic carbocycles. The Hall–Kier alpha value is -1.09. The highest BCUT2D eigenvalue weighted by Crippen LogP contribution is 2.16. The second kappa shape index (κ2) is 4.07. The van der Waals surface area contributed by atoms with Gasteiger partial charge in [0.2, 0.25) is 0 Å². The van der Waals surface area contributed by atoms with E-state index in [2.05, 4.69) is 17.2 Å². The Labute approximate surface area is 72.8 Å². The summed E-state index contributed by atoms with van der Waals surface area (Å²) in [5, 5.41) is 3.14. The van der Waals surface area contributed by atoms with Crippen LogP contribution in [0.15, 0.2) is 18.5 Å². The predicted octanol–water partition coefficient (Wildman–Crippen LogP) is 1.37.